The summed E-state index contributed by atoms with van der Waals surface area (Å²) in [7, 11) is 0. The zero-order chi connectivity index (χ0) is 23.8. The van der Waals surface area contributed by atoms with Crippen molar-refractivity contribution >= 4 is 11.8 Å². The van der Waals surface area contributed by atoms with Gasteiger partial charge in [0, 0.05) is 26.2 Å². The lowest BCUT2D eigenvalue weighted by atomic mass is 9.96. The molecular weight excluding hydrogens is 426 g/mol. The summed E-state index contributed by atoms with van der Waals surface area (Å²) in [6, 6.07) is 29.7. The van der Waals surface area contributed by atoms with Gasteiger partial charge in [-0.05, 0) is 30.2 Å². The molecule has 1 fully saturated rings. The summed E-state index contributed by atoms with van der Waals surface area (Å²) in [4.78, 5) is 29.5. The van der Waals surface area contributed by atoms with Crippen LogP contribution in [0.3, 0.4) is 0 Å². The Labute approximate surface area is 201 Å². The lowest BCUT2D eigenvalue weighted by Gasteiger charge is -2.40. The van der Waals surface area contributed by atoms with E-state index in [1.165, 1.54) is 11.1 Å². The van der Waals surface area contributed by atoms with Crippen molar-refractivity contribution in [3.63, 3.8) is 0 Å². The van der Waals surface area contributed by atoms with E-state index in [1.807, 2.05) is 35.2 Å². The maximum absolute atomic E-state index is 13.0. The first-order chi connectivity index (χ1) is 16.6. The first-order valence-electron chi connectivity index (χ1n) is 11.7. The van der Waals surface area contributed by atoms with E-state index in [4.69, 9.17) is 4.74 Å². The number of carbonyl (C=O) groups excluding carboxylic acids is 2. The second kappa shape index (κ2) is 11.5. The first kappa shape index (κ1) is 23.5. The molecular formula is C28H31N3O3. The summed E-state index contributed by atoms with van der Waals surface area (Å²) in [6.07, 6.45) is 0. The summed E-state index contributed by atoms with van der Waals surface area (Å²) < 4.78 is 5.47. The van der Waals surface area contributed by atoms with Crippen LogP contribution >= 0.6 is 0 Å². The predicted octanol–water partition coefficient (Wildman–Crippen LogP) is 3.50. The van der Waals surface area contributed by atoms with Crippen LogP contribution in [0.15, 0.2) is 91.0 Å². The molecule has 3 aromatic rings. The van der Waals surface area contributed by atoms with Gasteiger partial charge in [-0.15, -0.1) is 0 Å². The number of para-hydroxylation sites is 1. The van der Waals surface area contributed by atoms with Crippen LogP contribution < -0.4 is 10.1 Å². The fourth-order valence-corrected chi connectivity index (χ4v) is 4.37. The van der Waals surface area contributed by atoms with Gasteiger partial charge < -0.3 is 15.0 Å². The van der Waals surface area contributed by atoms with Crippen LogP contribution in [-0.2, 0) is 9.59 Å². The quantitative estimate of drug-likeness (QED) is 0.562. The molecule has 1 unspecified atom stereocenters. The molecule has 0 aliphatic carbocycles. The van der Waals surface area contributed by atoms with E-state index in [1.54, 1.807) is 19.1 Å². The van der Waals surface area contributed by atoms with E-state index in [2.05, 4.69) is 58.7 Å². The highest BCUT2D eigenvalue weighted by Crippen LogP contribution is 2.29. The minimum absolute atomic E-state index is 0.0660. The minimum atomic E-state index is -0.600. The summed E-state index contributed by atoms with van der Waals surface area (Å²) in [5, 5.41) is 2.76. The number of piperazine rings is 1. The minimum Gasteiger partial charge on any atom is -0.484 e. The van der Waals surface area contributed by atoms with Gasteiger partial charge in [0.1, 0.15) is 11.8 Å². The maximum Gasteiger partial charge on any atom is 0.258 e. The average Bonchev–Trinajstić information content (AvgIpc) is 2.89. The molecule has 4 rings (SSSR count). The molecule has 1 heterocycles. The van der Waals surface area contributed by atoms with Crippen molar-refractivity contribution in [1.29, 1.82) is 0 Å². The SMILES string of the molecule is CC(NC(=O)COc1ccccc1)C(=O)N1CCN(C(c2ccccc2)c2ccccc2)CC1. The van der Waals surface area contributed by atoms with Gasteiger partial charge in [0.2, 0.25) is 5.91 Å². The predicted molar refractivity (Wildman–Crippen MR) is 132 cm³/mol. The van der Waals surface area contributed by atoms with Gasteiger partial charge >= 0.3 is 0 Å². The topological polar surface area (TPSA) is 61.9 Å². The molecule has 6 nitrogen and oxygen atoms in total. The Hall–Kier alpha value is -3.64. The number of carbonyl (C=O) groups is 2. The highest BCUT2D eigenvalue weighted by atomic mass is 16.5. The van der Waals surface area contributed by atoms with Crippen LogP contribution in [0.1, 0.15) is 24.1 Å². The van der Waals surface area contributed by atoms with Crippen molar-refractivity contribution in [1.82, 2.24) is 15.1 Å². The summed E-state index contributed by atoms with van der Waals surface area (Å²) in [5.41, 5.74) is 2.49. The highest BCUT2D eigenvalue weighted by molar-refractivity contribution is 5.87. The maximum atomic E-state index is 13.0. The van der Waals surface area contributed by atoms with Crippen LogP contribution in [0.5, 0.6) is 5.75 Å². The summed E-state index contributed by atoms with van der Waals surface area (Å²) in [6.45, 7) is 4.37. The molecule has 34 heavy (non-hydrogen) atoms. The van der Waals surface area contributed by atoms with E-state index in [-0.39, 0.29) is 24.5 Å². The zero-order valence-electron chi connectivity index (χ0n) is 19.5. The Balaban J connectivity index is 1.32. The molecule has 0 bridgehead atoms. The third-order valence-corrected chi connectivity index (χ3v) is 6.08. The molecule has 0 spiro atoms. The smallest absolute Gasteiger partial charge is 0.258 e. The number of nitrogens with zero attached hydrogens (tertiary/aromatic N) is 2. The molecule has 1 atom stereocenters. The van der Waals surface area contributed by atoms with Gasteiger partial charge in [-0.25, -0.2) is 0 Å². The fourth-order valence-electron chi connectivity index (χ4n) is 4.37. The number of ether oxygens (including phenoxy) is 1. The van der Waals surface area contributed by atoms with Gasteiger partial charge in [0.15, 0.2) is 6.61 Å². The fraction of sp³-hybridized carbons (Fsp3) is 0.286. The zero-order valence-corrected chi connectivity index (χ0v) is 19.5. The summed E-state index contributed by atoms with van der Waals surface area (Å²) >= 11 is 0. The lowest BCUT2D eigenvalue weighted by molar-refractivity contribution is -0.138. The molecule has 1 N–H and O–H groups in total. The van der Waals surface area contributed by atoms with Gasteiger partial charge in [-0.1, -0.05) is 78.9 Å². The molecule has 1 aliphatic rings. The van der Waals surface area contributed by atoms with Crippen molar-refractivity contribution in [2.45, 2.75) is 19.0 Å². The average molecular weight is 458 g/mol. The largest absolute Gasteiger partial charge is 0.484 e. The lowest BCUT2D eigenvalue weighted by Crippen LogP contribution is -2.55. The van der Waals surface area contributed by atoms with Crippen LogP contribution in [0.2, 0.25) is 0 Å². The van der Waals surface area contributed by atoms with Gasteiger partial charge in [0.25, 0.3) is 5.91 Å². The number of rotatable bonds is 8. The molecule has 176 valence electrons. The van der Waals surface area contributed by atoms with Crippen LogP contribution in [-0.4, -0.2) is 60.4 Å². The Morgan fingerprint density at radius 3 is 1.82 bits per heavy atom. The molecule has 1 aliphatic heterocycles. The van der Waals surface area contributed by atoms with Crippen molar-refractivity contribution in [2.24, 2.45) is 0 Å². The van der Waals surface area contributed by atoms with E-state index in [0.29, 0.717) is 18.8 Å². The molecule has 0 saturated carbocycles. The summed E-state index contributed by atoms with van der Waals surface area (Å²) in [5.74, 6) is 0.249. The third-order valence-electron chi connectivity index (χ3n) is 6.08. The van der Waals surface area contributed by atoms with E-state index in [0.717, 1.165) is 13.1 Å². The van der Waals surface area contributed by atoms with Gasteiger partial charge in [0.05, 0.1) is 6.04 Å². The van der Waals surface area contributed by atoms with Crippen LogP contribution in [0, 0.1) is 0 Å². The number of nitrogens with one attached hydrogen (secondary N) is 1. The van der Waals surface area contributed by atoms with E-state index in [9.17, 15) is 9.59 Å². The second-order valence-electron chi connectivity index (χ2n) is 8.48. The highest BCUT2D eigenvalue weighted by Gasteiger charge is 2.30. The number of benzene rings is 3. The van der Waals surface area contributed by atoms with Gasteiger partial charge in [-0.3, -0.25) is 14.5 Å². The number of hydrogen-bond donors (Lipinski definition) is 1. The number of amides is 2. The standard InChI is InChI=1S/C28H31N3O3/c1-22(29-26(32)21-34-25-15-9-4-10-16-25)28(33)31-19-17-30(18-20-31)27(23-11-5-2-6-12-23)24-13-7-3-8-14-24/h2-16,22,27H,17-21H2,1H3,(H,29,32). The van der Waals surface area contributed by atoms with Crippen LogP contribution in [0.4, 0.5) is 0 Å². The van der Waals surface area contributed by atoms with E-state index >= 15 is 0 Å². The molecule has 2 amide bonds. The van der Waals surface area contributed by atoms with Gasteiger partial charge in [-0.2, -0.15) is 0 Å². The molecule has 0 aromatic heterocycles. The first-order valence-corrected chi connectivity index (χ1v) is 11.7. The molecule has 1 saturated heterocycles. The number of hydrogen-bond acceptors (Lipinski definition) is 4. The Bertz CT molecular complexity index is 1010. The normalized spacial score (nSPS) is 15.1. The molecule has 0 radical (unpaired) electrons. The van der Waals surface area contributed by atoms with Crippen LogP contribution in [0.25, 0.3) is 0 Å². The Kier molecular flexibility index (Phi) is 7.94. The van der Waals surface area contributed by atoms with Crippen molar-refractivity contribution < 1.29 is 14.3 Å². The van der Waals surface area contributed by atoms with Crippen molar-refractivity contribution in [3.05, 3.63) is 102 Å². The van der Waals surface area contributed by atoms with Crippen molar-refractivity contribution in [2.75, 3.05) is 32.8 Å². The Morgan fingerprint density at radius 2 is 1.29 bits per heavy atom. The van der Waals surface area contributed by atoms with Crippen molar-refractivity contribution in [3.8, 4) is 5.75 Å². The Morgan fingerprint density at radius 1 is 0.794 bits per heavy atom. The van der Waals surface area contributed by atoms with E-state index < -0.39 is 6.04 Å². The third kappa shape index (κ3) is 6.02. The monoisotopic (exact) mass is 457 g/mol. The molecule has 6 heteroatoms. The molecule has 3 aromatic carbocycles. The second-order valence-corrected chi connectivity index (χ2v) is 8.48.